The number of aliphatic hydroxyl groups is 1. The molecule has 3 unspecified atom stereocenters. The van der Waals surface area contributed by atoms with Crippen molar-refractivity contribution in [2.24, 2.45) is 23.7 Å². The maximum atomic E-state index is 11.6. The van der Waals surface area contributed by atoms with Gasteiger partial charge in [-0.3, -0.25) is 4.79 Å². The monoisotopic (exact) mass is 426 g/mol. The van der Waals surface area contributed by atoms with Gasteiger partial charge in [0.2, 0.25) is 0 Å². The summed E-state index contributed by atoms with van der Waals surface area (Å²) < 4.78 is 5.16. The van der Waals surface area contributed by atoms with Gasteiger partial charge in [0.25, 0.3) is 0 Å². The lowest BCUT2D eigenvalue weighted by atomic mass is 9.86. The topological polar surface area (TPSA) is 46.5 Å². The third-order valence-corrected chi connectivity index (χ3v) is 6.35. The quantitative estimate of drug-likeness (QED) is 0.235. The van der Waals surface area contributed by atoms with Crippen LogP contribution in [0.15, 0.2) is 54.6 Å². The minimum absolute atomic E-state index is 0.0417. The van der Waals surface area contributed by atoms with Gasteiger partial charge in [-0.05, 0) is 81.6 Å². The Balaban J connectivity index is 1.77. The van der Waals surface area contributed by atoms with Crippen molar-refractivity contribution in [2.75, 3.05) is 0 Å². The van der Waals surface area contributed by atoms with Crippen LogP contribution in [0, 0.1) is 23.7 Å². The molecule has 31 heavy (non-hydrogen) atoms. The minimum Gasteiger partial charge on any atom is -0.463 e. The van der Waals surface area contributed by atoms with Crippen molar-refractivity contribution < 1.29 is 14.6 Å². The first-order chi connectivity index (χ1) is 14.9. The molecule has 1 saturated carbocycles. The molecule has 1 fully saturated rings. The van der Waals surface area contributed by atoms with E-state index in [4.69, 9.17) is 4.74 Å². The molecule has 0 heterocycles. The van der Waals surface area contributed by atoms with Crippen molar-refractivity contribution in [3.8, 4) is 0 Å². The van der Waals surface area contributed by atoms with Crippen LogP contribution in [0.25, 0.3) is 0 Å². The number of ether oxygens (including phenoxy) is 1. The summed E-state index contributed by atoms with van der Waals surface area (Å²) in [5.74, 6) is 1.65. The molecule has 0 radical (unpaired) electrons. The Morgan fingerprint density at radius 2 is 1.94 bits per heavy atom. The van der Waals surface area contributed by atoms with E-state index in [2.05, 4.69) is 68.5 Å². The van der Waals surface area contributed by atoms with Gasteiger partial charge in [-0.1, -0.05) is 68.5 Å². The van der Waals surface area contributed by atoms with Crippen LogP contribution in [0.2, 0.25) is 0 Å². The number of esters is 1. The average molecular weight is 427 g/mol. The lowest BCUT2D eigenvalue weighted by Crippen LogP contribution is -2.18. The number of hydrogen-bond donors (Lipinski definition) is 1. The van der Waals surface area contributed by atoms with E-state index < -0.39 is 0 Å². The summed E-state index contributed by atoms with van der Waals surface area (Å²) in [7, 11) is 0. The summed E-state index contributed by atoms with van der Waals surface area (Å²) in [6.07, 6.45) is 15.0. The molecule has 1 aromatic carbocycles. The van der Waals surface area contributed by atoms with Gasteiger partial charge in [0.05, 0.1) is 12.2 Å². The molecule has 0 amide bonds. The van der Waals surface area contributed by atoms with E-state index in [1.54, 1.807) is 0 Å². The number of unbranched alkanes of at least 4 members (excludes halogenated alkanes) is 1. The smallest absolute Gasteiger partial charge is 0.306 e. The Morgan fingerprint density at radius 1 is 1.19 bits per heavy atom. The predicted octanol–water partition coefficient (Wildman–Crippen LogP) is 6.51. The molecule has 0 saturated heterocycles. The second kappa shape index (κ2) is 13.5. The number of benzene rings is 1. The number of hydrogen-bond acceptors (Lipinski definition) is 3. The zero-order valence-electron chi connectivity index (χ0n) is 19.9. The van der Waals surface area contributed by atoms with E-state index in [9.17, 15) is 9.90 Å². The van der Waals surface area contributed by atoms with Crippen LogP contribution in [0.1, 0.15) is 71.8 Å². The lowest BCUT2D eigenvalue weighted by Gasteiger charge is -2.20. The fourth-order valence-electron chi connectivity index (χ4n) is 4.55. The zero-order valence-corrected chi connectivity index (χ0v) is 19.9. The molecule has 5 atom stereocenters. The highest BCUT2D eigenvalue weighted by Gasteiger charge is 2.37. The van der Waals surface area contributed by atoms with E-state index in [1.165, 1.54) is 5.56 Å². The van der Waals surface area contributed by atoms with Gasteiger partial charge < -0.3 is 9.84 Å². The highest BCUT2D eigenvalue weighted by molar-refractivity contribution is 5.69. The van der Waals surface area contributed by atoms with Crippen molar-refractivity contribution in [2.45, 2.75) is 84.8 Å². The number of rotatable bonds is 12. The van der Waals surface area contributed by atoms with Crippen LogP contribution in [-0.4, -0.2) is 23.3 Å². The molecule has 1 aliphatic carbocycles. The zero-order chi connectivity index (χ0) is 22.6. The Hall–Kier alpha value is -1.87. The molecule has 0 aliphatic heterocycles. The predicted molar refractivity (Wildman–Crippen MR) is 129 cm³/mol. The standard InChI is InChI=1S/C28H42O3/c1-21(2)31-28(30)15-11-6-5-10-14-26-25(23(4)20-27(26)29)19-17-22(3)16-18-24-12-8-7-9-13-24/h5,7-10,12-13,17,19,21-23,25-27,29H,6,11,14-16,18,20H2,1-4H3/b10-5-,19-17+/t22?,23?,25-,26?,27-/m0/s1. The number of allylic oxidation sites excluding steroid dienone is 4. The van der Waals surface area contributed by atoms with E-state index in [1.807, 2.05) is 13.8 Å². The van der Waals surface area contributed by atoms with Crippen LogP contribution in [0.4, 0.5) is 0 Å². The molecule has 0 bridgehead atoms. The number of aryl methyl sites for hydroxylation is 1. The summed E-state index contributed by atoms with van der Waals surface area (Å²) in [4.78, 5) is 11.6. The van der Waals surface area contributed by atoms with E-state index >= 15 is 0 Å². The molecule has 0 spiro atoms. The van der Waals surface area contributed by atoms with Crippen molar-refractivity contribution in [3.05, 3.63) is 60.2 Å². The molecule has 1 aliphatic rings. The van der Waals surface area contributed by atoms with Crippen molar-refractivity contribution in [3.63, 3.8) is 0 Å². The van der Waals surface area contributed by atoms with Crippen LogP contribution in [0.3, 0.4) is 0 Å². The van der Waals surface area contributed by atoms with Gasteiger partial charge in [0.1, 0.15) is 0 Å². The maximum Gasteiger partial charge on any atom is 0.306 e. The first-order valence-corrected chi connectivity index (χ1v) is 12.1. The van der Waals surface area contributed by atoms with Gasteiger partial charge in [0.15, 0.2) is 0 Å². The first-order valence-electron chi connectivity index (χ1n) is 12.1. The fourth-order valence-corrected chi connectivity index (χ4v) is 4.55. The first kappa shape index (κ1) is 25.4. The number of carbonyl (C=O) groups excluding carboxylic acids is 1. The van der Waals surface area contributed by atoms with E-state index in [0.717, 1.165) is 38.5 Å². The normalized spacial score (nSPS) is 25.0. The van der Waals surface area contributed by atoms with Gasteiger partial charge in [-0.15, -0.1) is 0 Å². The average Bonchev–Trinajstić information content (AvgIpc) is 3.00. The molecule has 1 N–H and O–H groups in total. The minimum atomic E-state index is -0.227. The van der Waals surface area contributed by atoms with Crippen LogP contribution < -0.4 is 0 Å². The van der Waals surface area contributed by atoms with E-state index in [0.29, 0.717) is 24.2 Å². The Kier molecular flexibility index (Phi) is 11.1. The molecule has 0 aromatic heterocycles. The second-order valence-corrected chi connectivity index (χ2v) is 9.55. The highest BCUT2D eigenvalue weighted by atomic mass is 16.5. The SMILES string of the molecule is CC(/C=C/[C@H]1C(C)C[C@H](O)C1C/C=C\CCCC(=O)OC(C)C)CCc1ccccc1. The third kappa shape index (κ3) is 9.43. The fraction of sp³-hybridized carbons (Fsp3) is 0.607. The largest absolute Gasteiger partial charge is 0.463 e. The van der Waals surface area contributed by atoms with Crippen LogP contribution >= 0.6 is 0 Å². The Morgan fingerprint density at radius 3 is 2.65 bits per heavy atom. The molecule has 2 rings (SSSR count). The maximum absolute atomic E-state index is 11.6. The summed E-state index contributed by atoms with van der Waals surface area (Å²) >= 11 is 0. The summed E-state index contributed by atoms with van der Waals surface area (Å²) in [6, 6.07) is 10.7. The van der Waals surface area contributed by atoms with Crippen LogP contribution in [0.5, 0.6) is 0 Å². The Labute approximate surface area is 189 Å². The molecule has 3 nitrogen and oxygen atoms in total. The molecule has 172 valence electrons. The molecule has 3 heteroatoms. The summed E-state index contributed by atoms with van der Waals surface area (Å²) in [5.41, 5.74) is 1.40. The summed E-state index contributed by atoms with van der Waals surface area (Å²) in [6.45, 7) is 8.30. The van der Waals surface area contributed by atoms with Crippen molar-refractivity contribution in [1.82, 2.24) is 0 Å². The Bertz CT molecular complexity index is 691. The van der Waals surface area contributed by atoms with Gasteiger partial charge >= 0.3 is 5.97 Å². The van der Waals surface area contributed by atoms with Gasteiger partial charge in [-0.25, -0.2) is 0 Å². The second-order valence-electron chi connectivity index (χ2n) is 9.55. The summed E-state index contributed by atoms with van der Waals surface area (Å²) in [5, 5.41) is 10.6. The van der Waals surface area contributed by atoms with Crippen molar-refractivity contribution in [1.29, 1.82) is 0 Å². The van der Waals surface area contributed by atoms with Crippen molar-refractivity contribution >= 4 is 5.97 Å². The molecular weight excluding hydrogens is 384 g/mol. The molecular formula is C28H42O3. The lowest BCUT2D eigenvalue weighted by molar-refractivity contribution is -0.147. The number of carbonyl (C=O) groups is 1. The molecule has 1 aromatic rings. The van der Waals surface area contributed by atoms with Crippen LogP contribution in [-0.2, 0) is 16.0 Å². The third-order valence-electron chi connectivity index (χ3n) is 6.35. The number of aliphatic hydroxyl groups excluding tert-OH is 1. The van der Waals surface area contributed by atoms with Gasteiger partial charge in [-0.2, -0.15) is 0 Å². The van der Waals surface area contributed by atoms with Gasteiger partial charge in [0, 0.05) is 6.42 Å². The highest BCUT2D eigenvalue weighted by Crippen LogP contribution is 2.40. The van der Waals surface area contributed by atoms with E-state index in [-0.39, 0.29) is 24.1 Å².